The average molecular weight is 256 g/mol. The van der Waals surface area contributed by atoms with E-state index in [1.807, 2.05) is 6.92 Å². The maximum Gasteiger partial charge on any atom is 0.332 e. The quantitative estimate of drug-likeness (QED) is 0.462. The lowest BCUT2D eigenvalue weighted by Crippen LogP contribution is -2.11. The fraction of sp³-hybridized carbons (Fsp3) is 0.714. The Balaban J connectivity index is 4.56. The summed E-state index contributed by atoms with van der Waals surface area (Å²) in [7, 11) is 0. The summed E-state index contributed by atoms with van der Waals surface area (Å²) in [5, 5.41) is 18.1. The molecule has 0 amide bonds. The Bertz CT molecular complexity index is 305. The van der Waals surface area contributed by atoms with Gasteiger partial charge in [0, 0.05) is 11.1 Å². The van der Waals surface area contributed by atoms with Crippen molar-refractivity contribution in [3.63, 3.8) is 0 Å². The predicted molar refractivity (Wildman–Crippen MR) is 70.6 cm³/mol. The monoisotopic (exact) mass is 256 g/mol. The predicted octanol–water partition coefficient (Wildman–Crippen LogP) is 3.61. The minimum absolute atomic E-state index is 0.0699. The molecular weight excluding hydrogens is 232 g/mol. The van der Waals surface area contributed by atoms with Crippen LogP contribution in [0.3, 0.4) is 0 Å². The van der Waals surface area contributed by atoms with E-state index in [2.05, 4.69) is 6.92 Å². The van der Waals surface area contributed by atoms with Gasteiger partial charge in [0.05, 0.1) is 0 Å². The van der Waals surface area contributed by atoms with Crippen molar-refractivity contribution in [1.29, 1.82) is 0 Å². The largest absolute Gasteiger partial charge is 0.478 e. The molecule has 0 aliphatic heterocycles. The summed E-state index contributed by atoms with van der Waals surface area (Å²) in [6.45, 7) is 3.97. The molecule has 0 aromatic carbocycles. The van der Waals surface area contributed by atoms with Gasteiger partial charge >= 0.3 is 11.9 Å². The summed E-state index contributed by atoms with van der Waals surface area (Å²) in [5.41, 5.74) is 0.154. The second-order valence-electron chi connectivity index (χ2n) is 4.48. The molecule has 0 aromatic heterocycles. The van der Waals surface area contributed by atoms with E-state index in [1.165, 1.54) is 0 Å². The van der Waals surface area contributed by atoms with Gasteiger partial charge in [-0.2, -0.15) is 0 Å². The van der Waals surface area contributed by atoms with Crippen LogP contribution in [0, 0.1) is 0 Å². The SMILES string of the molecule is CCCCCCCC(C(=O)O)=C(CCC)C(=O)O. The number of carboxylic acids is 2. The van der Waals surface area contributed by atoms with E-state index in [9.17, 15) is 9.59 Å². The normalized spacial score (nSPS) is 12.1. The lowest BCUT2D eigenvalue weighted by molar-refractivity contribution is -0.136. The first-order valence-electron chi connectivity index (χ1n) is 6.73. The molecule has 18 heavy (non-hydrogen) atoms. The van der Waals surface area contributed by atoms with Crippen molar-refractivity contribution in [3.8, 4) is 0 Å². The highest BCUT2D eigenvalue weighted by atomic mass is 16.4. The second kappa shape index (κ2) is 9.68. The molecule has 0 fully saturated rings. The van der Waals surface area contributed by atoms with Gasteiger partial charge in [-0.05, 0) is 19.3 Å². The van der Waals surface area contributed by atoms with E-state index in [-0.39, 0.29) is 11.1 Å². The maximum atomic E-state index is 11.1. The number of hydrogen-bond acceptors (Lipinski definition) is 2. The van der Waals surface area contributed by atoms with Crippen molar-refractivity contribution in [1.82, 2.24) is 0 Å². The van der Waals surface area contributed by atoms with Gasteiger partial charge in [0.1, 0.15) is 0 Å². The van der Waals surface area contributed by atoms with Gasteiger partial charge in [0.15, 0.2) is 0 Å². The van der Waals surface area contributed by atoms with E-state index in [0.29, 0.717) is 19.3 Å². The van der Waals surface area contributed by atoms with Crippen LogP contribution in [0.15, 0.2) is 11.1 Å². The molecule has 0 heterocycles. The van der Waals surface area contributed by atoms with Crippen LogP contribution in [0.1, 0.15) is 65.2 Å². The molecule has 0 radical (unpaired) electrons. The molecule has 0 rings (SSSR count). The average Bonchev–Trinajstić information content (AvgIpc) is 2.31. The van der Waals surface area contributed by atoms with Crippen molar-refractivity contribution >= 4 is 11.9 Å². The zero-order valence-electron chi connectivity index (χ0n) is 11.4. The molecule has 0 spiro atoms. The topological polar surface area (TPSA) is 74.6 Å². The zero-order chi connectivity index (χ0) is 14.0. The van der Waals surface area contributed by atoms with Crippen molar-refractivity contribution < 1.29 is 19.8 Å². The Morgan fingerprint density at radius 3 is 1.67 bits per heavy atom. The Labute approximate surface area is 109 Å². The van der Waals surface area contributed by atoms with Crippen molar-refractivity contribution in [2.24, 2.45) is 0 Å². The van der Waals surface area contributed by atoms with Crippen LogP contribution in [0.2, 0.25) is 0 Å². The number of hydrogen-bond donors (Lipinski definition) is 2. The minimum Gasteiger partial charge on any atom is -0.478 e. The molecule has 4 nitrogen and oxygen atoms in total. The number of rotatable bonds is 10. The Hall–Kier alpha value is -1.32. The van der Waals surface area contributed by atoms with E-state index < -0.39 is 11.9 Å². The van der Waals surface area contributed by atoms with Crippen LogP contribution in [-0.2, 0) is 9.59 Å². The summed E-state index contributed by atoms with van der Waals surface area (Å²) in [6.07, 6.45) is 6.41. The van der Waals surface area contributed by atoms with Crippen molar-refractivity contribution in [2.75, 3.05) is 0 Å². The van der Waals surface area contributed by atoms with E-state index in [1.54, 1.807) is 0 Å². The molecule has 0 unspecified atom stereocenters. The van der Waals surface area contributed by atoms with Crippen LogP contribution >= 0.6 is 0 Å². The van der Waals surface area contributed by atoms with Crippen molar-refractivity contribution in [2.45, 2.75) is 65.2 Å². The van der Waals surface area contributed by atoms with Gasteiger partial charge in [-0.25, -0.2) is 9.59 Å². The number of aliphatic carboxylic acids is 2. The van der Waals surface area contributed by atoms with Gasteiger partial charge in [-0.15, -0.1) is 0 Å². The van der Waals surface area contributed by atoms with Gasteiger partial charge in [-0.3, -0.25) is 0 Å². The molecule has 2 N–H and O–H groups in total. The molecule has 0 aromatic rings. The van der Waals surface area contributed by atoms with E-state index in [4.69, 9.17) is 10.2 Å². The number of carbonyl (C=O) groups is 2. The Kier molecular flexibility index (Phi) is 8.97. The molecule has 0 bridgehead atoms. The molecule has 0 saturated carbocycles. The lowest BCUT2D eigenvalue weighted by atomic mass is 9.98. The van der Waals surface area contributed by atoms with Gasteiger partial charge < -0.3 is 10.2 Å². The second-order valence-corrected chi connectivity index (χ2v) is 4.48. The van der Waals surface area contributed by atoms with Crippen LogP contribution in [0.4, 0.5) is 0 Å². The van der Waals surface area contributed by atoms with Crippen LogP contribution < -0.4 is 0 Å². The molecule has 0 saturated heterocycles. The van der Waals surface area contributed by atoms with Gasteiger partial charge in [0.25, 0.3) is 0 Å². The minimum atomic E-state index is -1.09. The first kappa shape index (κ1) is 16.7. The summed E-state index contributed by atoms with van der Waals surface area (Å²) in [4.78, 5) is 22.2. The highest BCUT2D eigenvalue weighted by Crippen LogP contribution is 2.19. The fourth-order valence-electron chi connectivity index (χ4n) is 1.93. The Morgan fingerprint density at radius 2 is 1.22 bits per heavy atom. The van der Waals surface area contributed by atoms with E-state index in [0.717, 1.165) is 32.1 Å². The summed E-state index contributed by atoms with van der Waals surface area (Å²) in [5.74, 6) is -2.18. The molecule has 0 atom stereocenters. The number of unbranched alkanes of at least 4 members (excludes halogenated alkanes) is 4. The molecule has 104 valence electrons. The molecule has 0 aliphatic carbocycles. The van der Waals surface area contributed by atoms with Crippen molar-refractivity contribution in [3.05, 3.63) is 11.1 Å². The van der Waals surface area contributed by atoms with E-state index >= 15 is 0 Å². The van der Waals surface area contributed by atoms with Gasteiger partial charge in [-0.1, -0.05) is 46.0 Å². The first-order valence-corrected chi connectivity index (χ1v) is 6.73. The standard InChI is InChI=1S/C14H24O4/c1-3-5-6-7-8-10-12(14(17)18)11(9-4-2)13(15)16/h3-10H2,1-2H3,(H,15,16)(H,17,18). The maximum absolute atomic E-state index is 11.1. The zero-order valence-corrected chi connectivity index (χ0v) is 11.4. The molecule has 4 heteroatoms. The van der Waals surface area contributed by atoms with Gasteiger partial charge in [0.2, 0.25) is 0 Å². The van der Waals surface area contributed by atoms with Crippen LogP contribution in [0.5, 0.6) is 0 Å². The first-order chi connectivity index (χ1) is 8.54. The summed E-state index contributed by atoms with van der Waals surface area (Å²) in [6, 6.07) is 0. The summed E-state index contributed by atoms with van der Waals surface area (Å²) >= 11 is 0. The third kappa shape index (κ3) is 6.42. The lowest BCUT2D eigenvalue weighted by Gasteiger charge is -2.08. The fourth-order valence-corrected chi connectivity index (χ4v) is 1.93. The highest BCUT2D eigenvalue weighted by Gasteiger charge is 2.18. The smallest absolute Gasteiger partial charge is 0.332 e. The third-order valence-electron chi connectivity index (χ3n) is 2.91. The van der Waals surface area contributed by atoms with Crippen LogP contribution in [0.25, 0.3) is 0 Å². The summed E-state index contributed by atoms with van der Waals surface area (Å²) < 4.78 is 0. The third-order valence-corrected chi connectivity index (χ3v) is 2.91. The Morgan fingerprint density at radius 1 is 0.722 bits per heavy atom. The molecular formula is C14H24O4. The van der Waals surface area contributed by atoms with Crippen LogP contribution in [-0.4, -0.2) is 22.2 Å². The molecule has 0 aliphatic rings. The number of carboxylic acid groups (broad SMARTS) is 2. The highest BCUT2D eigenvalue weighted by molar-refractivity contribution is 5.98.